The van der Waals surface area contributed by atoms with Crippen LogP contribution in [0, 0.1) is 11.3 Å². The number of rotatable bonds is 4. The van der Waals surface area contributed by atoms with E-state index in [9.17, 15) is 10.1 Å². The summed E-state index contributed by atoms with van der Waals surface area (Å²) in [6.07, 6.45) is 0.567. The van der Waals surface area contributed by atoms with Gasteiger partial charge in [0.25, 0.3) is 0 Å². The maximum Gasteiger partial charge on any atom is 0.335 e. The standard InChI is InChI=1S/C16H12BrNO2/c17-15-7-5-12(6-8-15)14(10-18)9-11-1-3-13(4-2-11)16(19)20/h1-8,14H,9H2,(H,19,20). The summed E-state index contributed by atoms with van der Waals surface area (Å²) in [6.45, 7) is 0. The molecule has 100 valence electrons. The normalized spacial score (nSPS) is 11.6. The molecular weight excluding hydrogens is 318 g/mol. The quantitative estimate of drug-likeness (QED) is 0.922. The lowest BCUT2D eigenvalue weighted by Crippen LogP contribution is -2.01. The van der Waals surface area contributed by atoms with E-state index in [1.165, 1.54) is 0 Å². The Bertz CT molecular complexity index is 642. The molecule has 0 aliphatic rings. The first-order valence-corrected chi connectivity index (χ1v) is 6.87. The first kappa shape index (κ1) is 14.3. The highest BCUT2D eigenvalue weighted by Crippen LogP contribution is 2.22. The second-order valence-electron chi connectivity index (χ2n) is 4.44. The second kappa shape index (κ2) is 6.36. The van der Waals surface area contributed by atoms with Gasteiger partial charge in [-0.05, 0) is 41.8 Å². The summed E-state index contributed by atoms with van der Waals surface area (Å²) in [7, 11) is 0. The lowest BCUT2D eigenvalue weighted by Gasteiger charge is -2.10. The van der Waals surface area contributed by atoms with Crippen molar-refractivity contribution in [2.75, 3.05) is 0 Å². The number of aromatic carboxylic acids is 1. The van der Waals surface area contributed by atoms with Crippen LogP contribution in [0.2, 0.25) is 0 Å². The highest BCUT2D eigenvalue weighted by molar-refractivity contribution is 9.10. The molecule has 20 heavy (non-hydrogen) atoms. The molecule has 2 aromatic carbocycles. The number of nitrogens with zero attached hydrogens (tertiary/aromatic N) is 1. The van der Waals surface area contributed by atoms with E-state index in [0.29, 0.717) is 6.42 Å². The number of nitriles is 1. The summed E-state index contributed by atoms with van der Waals surface area (Å²) in [6, 6.07) is 16.6. The molecule has 0 saturated carbocycles. The molecule has 0 saturated heterocycles. The number of carbonyl (C=O) groups is 1. The summed E-state index contributed by atoms with van der Waals surface area (Å²) >= 11 is 3.37. The molecule has 1 atom stereocenters. The largest absolute Gasteiger partial charge is 0.478 e. The Labute approximate surface area is 125 Å². The van der Waals surface area contributed by atoms with Crippen molar-refractivity contribution in [3.05, 3.63) is 69.7 Å². The van der Waals surface area contributed by atoms with Gasteiger partial charge in [0.05, 0.1) is 17.6 Å². The summed E-state index contributed by atoms with van der Waals surface area (Å²) < 4.78 is 0.976. The minimum atomic E-state index is -0.943. The van der Waals surface area contributed by atoms with Crippen molar-refractivity contribution < 1.29 is 9.90 Å². The third kappa shape index (κ3) is 3.46. The zero-order valence-corrected chi connectivity index (χ0v) is 12.2. The summed E-state index contributed by atoms with van der Waals surface area (Å²) in [5, 5.41) is 18.1. The number of hydrogen-bond acceptors (Lipinski definition) is 2. The molecule has 0 amide bonds. The Kier molecular flexibility index (Phi) is 4.54. The fourth-order valence-electron chi connectivity index (χ4n) is 1.95. The molecule has 0 bridgehead atoms. The topological polar surface area (TPSA) is 61.1 Å². The van der Waals surface area contributed by atoms with Crippen molar-refractivity contribution in [1.82, 2.24) is 0 Å². The zero-order chi connectivity index (χ0) is 14.5. The minimum absolute atomic E-state index is 0.237. The number of hydrogen-bond donors (Lipinski definition) is 1. The van der Waals surface area contributed by atoms with Gasteiger partial charge in [-0.1, -0.05) is 40.2 Å². The van der Waals surface area contributed by atoms with Crippen molar-refractivity contribution in [2.45, 2.75) is 12.3 Å². The minimum Gasteiger partial charge on any atom is -0.478 e. The van der Waals surface area contributed by atoms with Crippen LogP contribution in [0.15, 0.2) is 53.0 Å². The smallest absolute Gasteiger partial charge is 0.335 e. The van der Waals surface area contributed by atoms with E-state index in [0.717, 1.165) is 15.6 Å². The van der Waals surface area contributed by atoms with Crippen molar-refractivity contribution in [3.63, 3.8) is 0 Å². The van der Waals surface area contributed by atoms with Gasteiger partial charge in [0.2, 0.25) is 0 Å². The van der Waals surface area contributed by atoms with Gasteiger partial charge in [-0.25, -0.2) is 4.79 Å². The van der Waals surface area contributed by atoms with Crippen LogP contribution < -0.4 is 0 Å². The average Bonchev–Trinajstić information content (AvgIpc) is 2.46. The molecule has 2 rings (SSSR count). The van der Waals surface area contributed by atoms with Crippen molar-refractivity contribution >= 4 is 21.9 Å². The van der Waals surface area contributed by atoms with Crippen LogP contribution in [0.25, 0.3) is 0 Å². The SMILES string of the molecule is N#CC(Cc1ccc(C(=O)O)cc1)c1ccc(Br)cc1. The van der Waals surface area contributed by atoms with Gasteiger partial charge in [0.15, 0.2) is 0 Å². The second-order valence-corrected chi connectivity index (χ2v) is 5.36. The first-order valence-electron chi connectivity index (χ1n) is 6.07. The molecule has 4 heteroatoms. The zero-order valence-electron chi connectivity index (χ0n) is 10.6. The Morgan fingerprint density at radius 2 is 1.75 bits per heavy atom. The number of halogens is 1. The van der Waals surface area contributed by atoms with E-state index >= 15 is 0 Å². The molecule has 0 aliphatic carbocycles. The summed E-state index contributed by atoms with van der Waals surface area (Å²) in [4.78, 5) is 10.8. The monoisotopic (exact) mass is 329 g/mol. The van der Waals surface area contributed by atoms with E-state index in [1.54, 1.807) is 24.3 Å². The van der Waals surface area contributed by atoms with Crippen LogP contribution in [0.5, 0.6) is 0 Å². The van der Waals surface area contributed by atoms with Crippen LogP contribution in [0.4, 0.5) is 0 Å². The summed E-state index contributed by atoms with van der Waals surface area (Å²) in [5.41, 5.74) is 2.16. The molecule has 2 aromatic rings. The van der Waals surface area contributed by atoms with Gasteiger partial charge in [0.1, 0.15) is 0 Å². The van der Waals surface area contributed by atoms with Gasteiger partial charge in [0, 0.05) is 4.47 Å². The highest BCUT2D eigenvalue weighted by atomic mass is 79.9. The summed E-state index contributed by atoms with van der Waals surface area (Å²) in [5.74, 6) is -1.18. The van der Waals surface area contributed by atoms with E-state index in [2.05, 4.69) is 22.0 Å². The molecule has 0 heterocycles. The van der Waals surface area contributed by atoms with Crippen LogP contribution in [0.3, 0.4) is 0 Å². The Morgan fingerprint density at radius 3 is 2.25 bits per heavy atom. The number of benzene rings is 2. The lowest BCUT2D eigenvalue weighted by molar-refractivity contribution is 0.0697. The Balaban J connectivity index is 2.16. The number of carboxylic acids is 1. The maximum absolute atomic E-state index is 10.8. The first-order chi connectivity index (χ1) is 9.60. The Hall–Kier alpha value is -2.12. The predicted octanol–water partition coefficient (Wildman–Crippen LogP) is 4.00. The van der Waals surface area contributed by atoms with E-state index in [4.69, 9.17) is 5.11 Å². The van der Waals surface area contributed by atoms with E-state index in [-0.39, 0.29) is 11.5 Å². The van der Waals surface area contributed by atoms with Gasteiger partial charge in [-0.15, -0.1) is 0 Å². The van der Waals surface area contributed by atoms with E-state index in [1.807, 2.05) is 24.3 Å². The Morgan fingerprint density at radius 1 is 1.15 bits per heavy atom. The van der Waals surface area contributed by atoms with Crippen molar-refractivity contribution in [2.24, 2.45) is 0 Å². The molecule has 0 spiro atoms. The molecule has 0 aliphatic heterocycles. The van der Waals surface area contributed by atoms with Gasteiger partial charge < -0.3 is 5.11 Å². The molecule has 0 radical (unpaired) electrons. The number of carboxylic acid groups (broad SMARTS) is 1. The van der Waals surface area contributed by atoms with Crippen molar-refractivity contribution in [3.8, 4) is 6.07 Å². The van der Waals surface area contributed by atoms with E-state index < -0.39 is 5.97 Å². The van der Waals surface area contributed by atoms with Crippen LogP contribution in [-0.2, 0) is 6.42 Å². The molecule has 3 nitrogen and oxygen atoms in total. The van der Waals surface area contributed by atoms with Gasteiger partial charge in [-0.2, -0.15) is 5.26 Å². The van der Waals surface area contributed by atoms with Crippen molar-refractivity contribution in [1.29, 1.82) is 5.26 Å². The lowest BCUT2D eigenvalue weighted by atomic mass is 9.93. The molecule has 0 fully saturated rings. The average molecular weight is 330 g/mol. The van der Waals surface area contributed by atoms with Crippen LogP contribution in [-0.4, -0.2) is 11.1 Å². The fourth-order valence-corrected chi connectivity index (χ4v) is 2.22. The molecule has 0 aromatic heterocycles. The third-order valence-corrected chi connectivity index (χ3v) is 3.60. The molecule has 1 N–H and O–H groups in total. The predicted molar refractivity (Wildman–Crippen MR) is 79.6 cm³/mol. The van der Waals surface area contributed by atoms with Crippen LogP contribution >= 0.6 is 15.9 Å². The van der Waals surface area contributed by atoms with Gasteiger partial charge in [-0.3, -0.25) is 0 Å². The van der Waals surface area contributed by atoms with Crippen LogP contribution in [0.1, 0.15) is 27.4 Å². The third-order valence-electron chi connectivity index (χ3n) is 3.07. The molecule has 1 unspecified atom stereocenters. The highest BCUT2D eigenvalue weighted by Gasteiger charge is 2.12. The molecular formula is C16H12BrNO2. The maximum atomic E-state index is 10.8. The van der Waals surface area contributed by atoms with Gasteiger partial charge >= 0.3 is 5.97 Å². The fraction of sp³-hybridized carbons (Fsp3) is 0.125.